The molecule has 1 aliphatic rings. The van der Waals surface area contributed by atoms with Gasteiger partial charge in [0, 0.05) is 11.8 Å². The van der Waals surface area contributed by atoms with Crippen molar-refractivity contribution in [3.8, 4) is 6.07 Å². The van der Waals surface area contributed by atoms with Gasteiger partial charge in [-0.1, -0.05) is 63.2 Å². The minimum atomic E-state index is -1.30. The monoisotopic (exact) mass is 406 g/mol. The number of carbonyl (C=O) groups is 2. The SMILES string of the molecule is CC(C)(C)[C@@H]1OC[C@](Cc2cccc(C#N)c2)(C(=O)OCc2ccccc2)N1C=O. The van der Waals surface area contributed by atoms with Crippen molar-refractivity contribution >= 4 is 12.4 Å². The van der Waals surface area contributed by atoms with Crippen LogP contribution in [0.2, 0.25) is 0 Å². The molecule has 1 amide bonds. The first-order chi connectivity index (χ1) is 14.3. The summed E-state index contributed by atoms with van der Waals surface area (Å²) in [5.74, 6) is -0.521. The molecule has 2 atom stereocenters. The number of ether oxygens (including phenoxy) is 2. The lowest BCUT2D eigenvalue weighted by Gasteiger charge is -2.38. The van der Waals surface area contributed by atoms with Crippen LogP contribution in [0.25, 0.3) is 0 Å². The van der Waals surface area contributed by atoms with Crippen molar-refractivity contribution in [3.05, 3.63) is 71.3 Å². The molecule has 0 bridgehead atoms. The fourth-order valence-corrected chi connectivity index (χ4v) is 3.74. The Bertz CT molecular complexity index is 946. The van der Waals surface area contributed by atoms with Crippen LogP contribution in [0.5, 0.6) is 0 Å². The summed E-state index contributed by atoms with van der Waals surface area (Å²) in [4.78, 5) is 27.0. The van der Waals surface area contributed by atoms with Gasteiger partial charge >= 0.3 is 5.97 Å². The van der Waals surface area contributed by atoms with Gasteiger partial charge < -0.3 is 9.47 Å². The van der Waals surface area contributed by atoms with E-state index in [1.54, 1.807) is 18.2 Å². The van der Waals surface area contributed by atoms with Gasteiger partial charge in [-0.3, -0.25) is 9.69 Å². The number of hydrogen-bond acceptors (Lipinski definition) is 5. The third-order valence-corrected chi connectivity index (χ3v) is 5.23. The van der Waals surface area contributed by atoms with Crippen molar-refractivity contribution in [3.63, 3.8) is 0 Å². The van der Waals surface area contributed by atoms with Gasteiger partial charge in [0.15, 0.2) is 5.54 Å². The molecule has 0 unspecified atom stereocenters. The second-order valence-corrected chi connectivity index (χ2v) is 8.62. The number of amides is 1. The summed E-state index contributed by atoms with van der Waals surface area (Å²) in [6, 6.07) is 18.5. The Morgan fingerprint density at radius 2 is 1.93 bits per heavy atom. The van der Waals surface area contributed by atoms with Crippen molar-refractivity contribution in [2.24, 2.45) is 5.41 Å². The molecule has 1 heterocycles. The molecule has 0 aliphatic carbocycles. The Balaban J connectivity index is 1.94. The molecule has 3 rings (SSSR count). The van der Waals surface area contributed by atoms with E-state index < -0.39 is 23.2 Å². The molecule has 0 saturated carbocycles. The van der Waals surface area contributed by atoms with Crippen LogP contribution in [0, 0.1) is 16.7 Å². The van der Waals surface area contributed by atoms with Crippen molar-refractivity contribution in [1.29, 1.82) is 5.26 Å². The summed E-state index contributed by atoms with van der Waals surface area (Å²) < 4.78 is 11.6. The maximum absolute atomic E-state index is 13.4. The van der Waals surface area contributed by atoms with Gasteiger partial charge in [0.25, 0.3) is 0 Å². The summed E-state index contributed by atoms with van der Waals surface area (Å²) in [6.07, 6.45) is 0.292. The first-order valence-corrected chi connectivity index (χ1v) is 9.86. The van der Waals surface area contributed by atoms with E-state index in [9.17, 15) is 14.9 Å². The number of nitriles is 1. The van der Waals surface area contributed by atoms with E-state index in [0.717, 1.165) is 11.1 Å². The zero-order chi connectivity index (χ0) is 21.8. The second-order valence-electron chi connectivity index (χ2n) is 8.62. The zero-order valence-electron chi connectivity index (χ0n) is 17.5. The zero-order valence-corrected chi connectivity index (χ0v) is 17.5. The lowest BCUT2D eigenvalue weighted by molar-refractivity contribution is -0.162. The van der Waals surface area contributed by atoms with Crippen molar-refractivity contribution in [2.45, 2.75) is 45.6 Å². The fraction of sp³-hybridized carbons (Fsp3) is 0.375. The molecule has 2 aromatic carbocycles. The summed E-state index contributed by atoms with van der Waals surface area (Å²) in [5, 5.41) is 9.22. The normalized spacial score (nSPS) is 21.1. The van der Waals surface area contributed by atoms with Gasteiger partial charge in [0.05, 0.1) is 18.2 Å². The Morgan fingerprint density at radius 3 is 2.57 bits per heavy atom. The number of carbonyl (C=O) groups excluding carboxylic acids is 2. The Hall–Kier alpha value is -3.17. The second kappa shape index (κ2) is 8.68. The Morgan fingerprint density at radius 1 is 1.23 bits per heavy atom. The minimum absolute atomic E-state index is 0.0259. The van der Waals surface area contributed by atoms with Gasteiger partial charge in [-0.2, -0.15) is 5.26 Å². The number of hydrogen-bond donors (Lipinski definition) is 0. The molecule has 1 fully saturated rings. The third kappa shape index (κ3) is 4.37. The largest absolute Gasteiger partial charge is 0.459 e. The predicted molar refractivity (Wildman–Crippen MR) is 111 cm³/mol. The summed E-state index contributed by atoms with van der Waals surface area (Å²) >= 11 is 0. The molecule has 1 aliphatic heterocycles. The highest BCUT2D eigenvalue weighted by Gasteiger charge is 2.56. The van der Waals surface area contributed by atoms with Gasteiger partial charge in [-0.05, 0) is 23.3 Å². The van der Waals surface area contributed by atoms with Crippen LogP contribution in [-0.4, -0.2) is 35.7 Å². The maximum Gasteiger partial charge on any atom is 0.335 e. The van der Waals surface area contributed by atoms with Gasteiger partial charge in [0.2, 0.25) is 6.41 Å². The molecule has 0 spiro atoms. The molecule has 30 heavy (non-hydrogen) atoms. The third-order valence-electron chi connectivity index (χ3n) is 5.23. The molecular weight excluding hydrogens is 380 g/mol. The number of esters is 1. The number of rotatable bonds is 6. The van der Waals surface area contributed by atoms with Crippen LogP contribution in [0.1, 0.15) is 37.5 Å². The molecule has 156 valence electrons. The number of benzene rings is 2. The van der Waals surface area contributed by atoms with E-state index in [4.69, 9.17) is 9.47 Å². The van der Waals surface area contributed by atoms with E-state index in [2.05, 4.69) is 6.07 Å². The Kier molecular flexibility index (Phi) is 6.23. The van der Waals surface area contributed by atoms with Gasteiger partial charge in [-0.15, -0.1) is 0 Å². The summed E-state index contributed by atoms with van der Waals surface area (Å²) in [5.41, 5.74) is 0.413. The molecule has 1 saturated heterocycles. The van der Waals surface area contributed by atoms with E-state index >= 15 is 0 Å². The van der Waals surface area contributed by atoms with Gasteiger partial charge in [-0.25, -0.2) is 4.79 Å². The standard InChI is InChI=1S/C24H26N2O4/c1-23(2,3)21-26(17-27)24(16-30-21,13-19-10-7-11-20(12-19)14-25)22(28)29-15-18-8-5-4-6-9-18/h4-12,17,21H,13,15-16H2,1-3H3/t21-,24+/m0/s1. The smallest absolute Gasteiger partial charge is 0.335 e. The lowest BCUT2D eigenvalue weighted by atomic mass is 9.87. The van der Waals surface area contributed by atoms with Crippen LogP contribution >= 0.6 is 0 Å². The maximum atomic E-state index is 13.4. The predicted octanol–water partition coefficient (Wildman–Crippen LogP) is 3.44. The fourth-order valence-electron chi connectivity index (χ4n) is 3.74. The van der Waals surface area contributed by atoms with Crippen molar-refractivity contribution in [2.75, 3.05) is 6.61 Å². The van der Waals surface area contributed by atoms with Crippen LogP contribution < -0.4 is 0 Å². The highest BCUT2D eigenvalue weighted by atomic mass is 16.6. The Labute approximate surface area is 177 Å². The topological polar surface area (TPSA) is 79.6 Å². The van der Waals surface area contributed by atoms with Crippen molar-refractivity contribution in [1.82, 2.24) is 4.90 Å². The van der Waals surface area contributed by atoms with Crippen molar-refractivity contribution < 1.29 is 19.1 Å². The van der Waals surface area contributed by atoms with E-state index in [1.165, 1.54) is 4.90 Å². The van der Waals surface area contributed by atoms with Crippen LogP contribution in [0.3, 0.4) is 0 Å². The molecule has 0 N–H and O–H groups in total. The lowest BCUT2D eigenvalue weighted by Crippen LogP contribution is -2.58. The van der Waals surface area contributed by atoms with E-state index in [-0.39, 0.29) is 19.6 Å². The molecular formula is C24H26N2O4. The summed E-state index contributed by atoms with van der Waals surface area (Å²) in [7, 11) is 0. The van der Waals surface area contributed by atoms with Crippen LogP contribution in [0.4, 0.5) is 0 Å². The first kappa shape index (κ1) is 21.5. The van der Waals surface area contributed by atoms with Crippen LogP contribution in [-0.2, 0) is 32.1 Å². The van der Waals surface area contributed by atoms with Crippen LogP contribution in [0.15, 0.2) is 54.6 Å². The first-order valence-electron chi connectivity index (χ1n) is 9.86. The molecule has 6 heteroatoms. The summed E-state index contributed by atoms with van der Waals surface area (Å²) in [6.45, 7) is 5.99. The highest BCUT2D eigenvalue weighted by molar-refractivity contribution is 5.84. The van der Waals surface area contributed by atoms with E-state index in [1.807, 2.05) is 57.2 Å². The quantitative estimate of drug-likeness (QED) is 0.542. The molecule has 2 aromatic rings. The average Bonchev–Trinajstić information content (AvgIpc) is 3.12. The molecule has 0 aromatic heterocycles. The number of nitrogens with zero attached hydrogens (tertiary/aromatic N) is 2. The van der Waals surface area contributed by atoms with Gasteiger partial charge in [0.1, 0.15) is 12.8 Å². The molecule has 6 nitrogen and oxygen atoms in total. The van der Waals surface area contributed by atoms with E-state index in [0.29, 0.717) is 12.0 Å². The molecule has 0 radical (unpaired) electrons. The average molecular weight is 406 g/mol. The highest BCUT2D eigenvalue weighted by Crippen LogP contribution is 2.39. The minimum Gasteiger partial charge on any atom is -0.459 e.